The number of nitrogens with zero attached hydrogens (tertiary/aromatic N) is 4. The third-order valence-electron chi connectivity index (χ3n) is 3.63. The van der Waals surface area contributed by atoms with Crippen LogP contribution in [0.25, 0.3) is 11.0 Å². The fraction of sp³-hybridized carbons (Fsp3) is 0.294. The van der Waals surface area contributed by atoms with E-state index < -0.39 is 11.5 Å². The van der Waals surface area contributed by atoms with Gasteiger partial charge in [-0.15, -0.1) is 5.10 Å². The van der Waals surface area contributed by atoms with E-state index in [2.05, 4.69) is 15.3 Å². The highest BCUT2D eigenvalue weighted by Crippen LogP contribution is 2.30. The van der Waals surface area contributed by atoms with Crippen molar-refractivity contribution in [1.82, 2.24) is 20.0 Å². The van der Waals surface area contributed by atoms with Crippen molar-refractivity contribution in [3.05, 3.63) is 54.4 Å². The summed E-state index contributed by atoms with van der Waals surface area (Å²) in [6.45, 7) is 5.76. The van der Waals surface area contributed by atoms with E-state index in [1.807, 2.05) is 57.2 Å². The average molecular weight is 294 g/mol. The fourth-order valence-electron chi connectivity index (χ4n) is 2.44. The first-order chi connectivity index (χ1) is 10.5. The number of pyridine rings is 1. The molecule has 0 aliphatic heterocycles. The van der Waals surface area contributed by atoms with Gasteiger partial charge in [0.15, 0.2) is 5.78 Å². The SMILES string of the molecule is CC(C)(C)C(=O)C(c1ccncc1)n1nnc2ccccc21. The molecule has 1 atom stereocenters. The maximum atomic E-state index is 13.0. The van der Waals surface area contributed by atoms with Crippen molar-refractivity contribution in [2.75, 3.05) is 0 Å². The van der Waals surface area contributed by atoms with Crippen LogP contribution in [0.15, 0.2) is 48.8 Å². The van der Waals surface area contributed by atoms with E-state index in [1.54, 1.807) is 17.1 Å². The van der Waals surface area contributed by atoms with Gasteiger partial charge in [-0.05, 0) is 29.8 Å². The summed E-state index contributed by atoms with van der Waals surface area (Å²) in [7, 11) is 0. The Bertz CT molecular complexity index is 802. The van der Waals surface area contributed by atoms with Gasteiger partial charge in [0.25, 0.3) is 0 Å². The Kier molecular flexibility index (Phi) is 3.48. The Hall–Kier alpha value is -2.56. The summed E-state index contributed by atoms with van der Waals surface area (Å²) in [5, 5.41) is 8.41. The molecule has 3 rings (SSSR count). The first-order valence-electron chi connectivity index (χ1n) is 7.22. The van der Waals surface area contributed by atoms with Crippen molar-refractivity contribution in [2.24, 2.45) is 5.41 Å². The van der Waals surface area contributed by atoms with Gasteiger partial charge in [-0.1, -0.05) is 38.1 Å². The topological polar surface area (TPSA) is 60.7 Å². The summed E-state index contributed by atoms with van der Waals surface area (Å²) in [6.07, 6.45) is 3.38. The van der Waals surface area contributed by atoms with Crippen molar-refractivity contribution in [2.45, 2.75) is 26.8 Å². The zero-order valence-corrected chi connectivity index (χ0v) is 12.9. The molecule has 0 spiro atoms. The summed E-state index contributed by atoms with van der Waals surface area (Å²) < 4.78 is 1.71. The molecule has 0 bridgehead atoms. The second-order valence-corrected chi connectivity index (χ2v) is 6.32. The van der Waals surface area contributed by atoms with Crippen LogP contribution in [-0.4, -0.2) is 25.8 Å². The average Bonchev–Trinajstić information content (AvgIpc) is 2.92. The third-order valence-corrected chi connectivity index (χ3v) is 3.63. The lowest BCUT2D eigenvalue weighted by Crippen LogP contribution is -2.32. The molecule has 0 N–H and O–H groups in total. The zero-order valence-electron chi connectivity index (χ0n) is 12.9. The quantitative estimate of drug-likeness (QED) is 0.745. The number of benzene rings is 1. The molecule has 2 heterocycles. The highest BCUT2D eigenvalue weighted by molar-refractivity contribution is 5.91. The number of para-hydroxylation sites is 1. The molecule has 0 aliphatic rings. The van der Waals surface area contributed by atoms with Crippen LogP contribution in [0.3, 0.4) is 0 Å². The first kappa shape index (κ1) is 14.4. The van der Waals surface area contributed by atoms with Crippen molar-refractivity contribution in [3.63, 3.8) is 0 Å². The summed E-state index contributed by atoms with van der Waals surface area (Å²) in [5.41, 5.74) is 2.01. The summed E-state index contributed by atoms with van der Waals surface area (Å²) >= 11 is 0. The van der Waals surface area contributed by atoms with Crippen LogP contribution in [0.4, 0.5) is 0 Å². The van der Waals surface area contributed by atoms with Gasteiger partial charge in [-0.2, -0.15) is 0 Å². The molecule has 0 saturated heterocycles. The predicted octanol–water partition coefficient (Wildman–Crippen LogP) is 3.03. The van der Waals surface area contributed by atoms with Crippen LogP contribution in [0.5, 0.6) is 0 Å². The number of aromatic nitrogens is 4. The van der Waals surface area contributed by atoms with E-state index in [-0.39, 0.29) is 5.78 Å². The smallest absolute Gasteiger partial charge is 0.167 e. The highest BCUT2D eigenvalue weighted by atomic mass is 16.1. The third kappa shape index (κ3) is 2.50. The monoisotopic (exact) mass is 294 g/mol. The van der Waals surface area contributed by atoms with Gasteiger partial charge >= 0.3 is 0 Å². The Labute approximate surface area is 129 Å². The van der Waals surface area contributed by atoms with Crippen molar-refractivity contribution in [1.29, 1.82) is 0 Å². The number of hydrogen-bond donors (Lipinski definition) is 0. The molecule has 112 valence electrons. The van der Waals surface area contributed by atoms with E-state index in [0.29, 0.717) is 0 Å². The van der Waals surface area contributed by atoms with Crippen LogP contribution in [-0.2, 0) is 4.79 Å². The summed E-state index contributed by atoms with van der Waals surface area (Å²) in [6, 6.07) is 10.9. The molecular formula is C17H18N4O. The van der Waals surface area contributed by atoms with Crippen molar-refractivity contribution < 1.29 is 4.79 Å². The molecule has 1 aromatic carbocycles. The second kappa shape index (κ2) is 5.33. The Morgan fingerprint density at radius 3 is 2.45 bits per heavy atom. The number of carbonyl (C=O) groups excluding carboxylic acids is 1. The summed E-state index contributed by atoms with van der Waals surface area (Å²) in [4.78, 5) is 17.0. The van der Waals surface area contributed by atoms with E-state index >= 15 is 0 Å². The van der Waals surface area contributed by atoms with E-state index in [0.717, 1.165) is 16.6 Å². The zero-order chi connectivity index (χ0) is 15.7. The molecular weight excluding hydrogens is 276 g/mol. The highest BCUT2D eigenvalue weighted by Gasteiger charge is 2.33. The van der Waals surface area contributed by atoms with Gasteiger partial charge in [0, 0.05) is 17.8 Å². The number of fused-ring (bicyclic) bond motifs is 1. The molecule has 1 unspecified atom stereocenters. The number of carbonyl (C=O) groups is 1. The molecule has 2 aromatic heterocycles. The number of rotatable bonds is 3. The second-order valence-electron chi connectivity index (χ2n) is 6.32. The first-order valence-corrected chi connectivity index (χ1v) is 7.22. The lowest BCUT2D eigenvalue weighted by atomic mass is 9.84. The van der Waals surface area contributed by atoms with E-state index in [4.69, 9.17) is 0 Å². The van der Waals surface area contributed by atoms with Gasteiger partial charge in [0.1, 0.15) is 11.6 Å². The standard InChI is InChI=1S/C17H18N4O/c1-17(2,3)16(22)15(12-8-10-18-11-9-12)21-14-7-5-4-6-13(14)19-20-21/h4-11,15H,1-3H3. The van der Waals surface area contributed by atoms with Crippen LogP contribution in [0.1, 0.15) is 32.4 Å². The Morgan fingerprint density at radius 1 is 1.09 bits per heavy atom. The van der Waals surface area contributed by atoms with Crippen LogP contribution < -0.4 is 0 Å². The minimum Gasteiger partial charge on any atom is -0.296 e. The van der Waals surface area contributed by atoms with Crippen molar-refractivity contribution >= 4 is 16.8 Å². The van der Waals surface area contributed by atoms with Gasteiger partial charge in [0.05, 0.1) is 5.52 Å². The molecule has 3 aromatic rings. The molecule has 22 heavy (non-hydrogen) atoms. The fourth-order valence-corrected chi connectivity index (χ4v) is 2.44. The normalized spacial score (nSPS) is 13.2. The maximum absolute atomic E-state index is 13.0. The number of Topliss-reactive ketones (excluding diaryl/α,β-unsaturated/α-hetero) is 1. The molecule has 0 aliphatic carbocycles. The van der Waals surface area contributed by atoms with E-state index in [1.165, 1.54) is 0 Å². The minimum absolute atomic E-state index is 0.0920. The number of ketones is 1. The van der Waals surface area contributed by atoms with Gasteiger partial charge in [0.2, 0.25) is 0 Å². The maximum Gasteiger partial charge on any atom is 0.167 e. The van der Waals surface area contributed by atoms with Crippen LogP contribution >= 0.6 is 0 Å². The Balaban J connectivity index is 2.20. The Morgan fingerprint density at radius 2 is 1.77 bits per heavy atom. The minimum atomic E-state index is -0.504. The van der Waals surface area contributed by atoms with Crippen molar-refractivity contribution in [3.8, 4) is 0 Å². The molecule has 5 nitrogen and oxygen atoms in total. The van der Waals surface area contributed by atoms with Crippen LogP contribution in [0.2, 0.25) is 0 Å². The largest absolute Gasteiger partial charge is 0.296 e. The van der Waals surface area contributed by atoms with Gasteiger partial charge in [-0.25, -0.2) is 4.68 Å². The molecule has 0 radical (unpaired) electrons. The summed E-state index contributed by atoms with van der Waals surface area (Å²) in [5.74, 6) is 0.0920. The lowest BCUT2D eigenvalue weighted by molar-refractivity contribution is -0.128. The molecule has 5 heteroatoms. The van der Waals surface area contributed by atoms with Crippen LogP contribution in [0, 0.1) is 5.41 Å². The lowest BCUT2D eigenvalue weighted by Gasteiger charge is -2.25. The van der Waals surface area contributed by atoms with Gasteiger partial charge in [-0.3, -0.25) is 9.78 Å². The molecule has 0 fully saturated rings. The molecule has 0 amide bonds. The van der Waals surface area contributed by atoms with E-state index in [9.17, 15) is 4.79 Å². The van der Waals surface area contributed by atoms with Gasteiger partial charge < -0.3 is 0 Å². The molecule has 0 saturated carbocycles. The number of hydrogen-bond acceptors (Lipinski definition) is 4. The predicted molar refractivity (Wildman–Crippen MR) is 84.4 cm³/mol.